The summed E-state index contributed by atoms with van der Waals surface area (Å²) in [7, 11) is 0. The lowest BCUT2D eigenvalue weighted by atomic mass is 10.3. The van der Waals surface area contributed by atoms with E-state index in [-0.39, 0.29) is 5.28 Å². The summed E-state index contributed by atoms with van der Waals surface area (Å²) in [5.74, 6) is 0.743. The molecule has 1 N–H and O–H groups in total. The first-order valence-electron chi connectivity index (χ1n) is 5.06. The molecule has 0 spiro atoms. The van der Waals surface area contributed by atoms with Crippen LogP contribution in [0.25, 0.3) is 10.2 Å². The van der Waals surface area contributed by atoms with Crippen molar-refractivity contribution in [3.8, 4) is 0 Å². The second-order valence-electron chi connectivity index (χ2n) is 3.47. The second kappa shape index (κ2) is 4.31. The average Bonchev–Trinajstić information content (AvgIpc) is 2.78. The highest BCUT2D eigenvalue weighted by Crippen LogP contribution is 2.28. The highest BCUT2D eigenvalue weighted by Gasteiger charge is 2.07. The van der Waals surface area contributed by atoms with Crippen molar-refractivity contribution >= 4 is 44.7 Å². The maximum Gasteiger partial charge on any atom is 0.225 e. The number of thiophene rings is 1. The molecule has 0 atom stereocenters. The second-order valence-corrected chi connectivity index (χ2v) is 4.70. The minimum absolute atomic E-state index is 0.262. The molecule has 3 aromatic rings. The van der Waals surface area contributed by atoms with Crippen molar-refractivity contribution in [2.75, 3.05) is 5.32 Å². The lowest BCUT2D eigenvalue weighted by molar-refractivity contribution is 1.23. The minimum atomic E-state index is 0.262. The average molecular weight is 262 g/mol. The SMILES string of the molecule is Clc1nc(Nc2ccccc2)c2ccsc2n1. The first-order chi connectivity index (χ1) is 8.33. The van der Waals surface area contributed by atoms with Gasteiger partial charge in [0.05, 0.1) is 5.39 Å². The van der Waals surface area contributed by atoms with Crippen LogP contribution in [-0.2, 0) is 0 Å². The van der Waals surface area contributed by atoms with Gasteiger partial charge in [-0.25, -0.2) is 4.98 Å². The monoisotopic (exact) mass is 261 g/mol. The number of hydrogen-bond donors (Lipinski definition) is 1. The molecular formula is C12H8ClN3S. The Morgan fingerprint density at radius 1 is 1.06 bits per heavy atom. The standard InChI is InChI=1S/C12H8ClN3S/c13-12-15-10(9-6-7-17-11(9)16-12)14-8-4-2-1-3-5-8/h1-7H,(H,14,15,16). The molecule has 0 saturated heterocycles. The Bertz CT molecular complexity index is 651. The summed E-state index contributed by atoms with van der Waals surface area (Å²) in [5.41, 5.74) is 0.981. The van der Waals surface area contributed by atoms with E-state index in [2.05, 4.69) is 15.3 Å². The summed E-state index contributed by atoms with van der Waals surface area (Å²) < 4.78 is 0. The Morgan fingerprint density at radius 2 is 1.88 bits per heavy atom. The number of para-hydroxylation sites is 1. The van der Waals surface area contributed by atoms with Crippen LogP contribution in [0.15, 0.2) is 41.8 Å². The summed E-state index contributed by atoms with van der Waals surface area (Å²) in [5, 5.41) is 6.47. The molecule has 1 aromatic carbocycles. The Morgan fingerprint density at radius 3 is 2.71 bits per heavy atom. The minimum Gasteiger partial charge on any atom is -0.340 e. The van der Waals surface area contributed by atoms with Crippen LogP contribution in [0.3, 0.4) is 0 Å². The summed E-state index contributed by atoms with van der Waals surface area (Å²) in [6.45, 7) is 0. The van der Waals surface area contributed by atoms with E-state index in [1.54, 1.807) is 11.3 Å². The van der Waals surface area contributed by atoms with Crippen molar-refractivity contribution in [2.45, 2.75) is 0 Å². The van der Waals surface area contributed by atoms with Gasteiger partial charge in [-0.15, -0.1) is 11.3 Å². The highest BCUT2D eigenvalue weighted by molar-refractivity contribution is 7.16. The lowest BCUT2D eigenvalue weighted by Gasteiger charge is -2.06. The summed E-state index contributed by atoms with van der Waals surface area (Å²) in [6.07, 6.45) is 0. The zero-order valence-corrected chi connectivity index (χ0v) is 10.3. The number of nitrogens with zero attached hydrogens (tertiary/aromatic N) is 2. The number of hydrogen-bond acceptors (Lipinski definition) is 4. The number of fused-ring (bicyclic) bond motifs is 1. The largest absolute Gasteiger partial charge is 0.340 e. The highest BCUT2D eigenvalue weighted by atomic mass is 35.5. The fraction of sp³-hybridized carbons (Fsp3) is 0. The van der Waals surface area contributed by atoms with Crippen molar-refractivity contribution in [1.82, 2.24) is 9.97 Å². The van der Waals surface area contributed by atoms with Crippen LogP contribution in [-0.4, -0.2) is 9.97 Å². The Labute approximate surface area is 107 Å². The molecule has 5 heteroatoms. The zero-order chi connectivity index (χ0) is 11.7. The predicted octanol–water partition coefficient (Wildman–Crippen LogP) is 4.09. The molecule has 0 radical (unpaired) electrons. The van der Waals surface area contributed by atoms with Crippen molar-refractivity contribution in [3.63, 3.8) is 0 Å². The topological polar surface area (TPSA) is 37.8 Å². The third kappa shape index (κ3) is 2.09. The van der Waals surface area contributed by atoms with Crippen LogP contribution in [0.4, 0.5) is 11.5 Å². The fourth-order valence-electron chi connectivity index (χ4n) is 1.58. The quantitative estimate of drug-likeness (QED) is 0.706. The molecule has 0 amide bonds. The first-order valence-corrected chi connectivity index (χ1v) is 6.31. The van der Waals surface area contributed by atoms with E-state index < -0.39 is 0 Å². The predicted molar refractivity (Wildman–Crippen MR) is 72.1 cm³/mol. The van der Waals surface area contributed by atoms with Gasteiger partial charge >= 0.3 is 0 Å². The Balaban J connectivity index is 2.08. The normalized spacial score (nSPS) is 10.6. The third-order valence-corrected chi connectivity index (χ3v) is 3.31. The van der Waals surface area contributed by atoms with Gasteiger partial charge in [-0.2, -0.15) is 4.98 Å². The number of benzene rings is 1. The molecule has 0 aliphatic carbocycles. The number of nitrogens with one attached hydrogen (secondary N) is 1. The van der Waals surface area contributed by atoms with Gasteiger partial charge in [-0.1, -0.05) is 18.2 Å². The maximum absolute atomic E-state index is 5.89. The van der Waals surface area contributed by atoms with Crippen molar-refractivity contribution in [2.24, 2.45) is 0 Å². The van der Waals surface area contributed by atoms with E-state index in [4.69, 9.17) is 11.6 Å². The van der Waals surface area contributed by atoms with Crippen LogP contribution < -0.4 is 5.32 Å². The van der Waals surface area contributed by atoms with Crippen LogP contribution in [0.2, 0.25) is 5.28 Å². The van der Waals surface area contributed by atoms with Crippen LogP contribution in [0.5, 0.6) is 0 Å². The van der Waals surface area contributed by atoms with Gasteiger partial charge in [-0.05, 0) is 35.2 Å². The number of aromatic nitrogens is 2. The molecule has 84 valence electrons. The molecule has 3 nitrogen and oxygen atoms in total. The van der Waals surface area contributed by atoms with Gasteiger partial charge in [0.15, 0.2) is 0 Å². The molecule has 0 aliphatic rings. The molecule has 0 aliphatic heterocycles. The lowest BCUT2D eigenvalue weighted by Crippen LogP contribution is -1.95. The molecule has 0 bridgehead atoms. The number of halogens is 1. The van der Waals surface area contributed by atoms with Crippen molar-refractivity contribution in [1.29, 1.82) is 0 Å². The van der Waals surface area contributed by atoms with E-state index in [9.17, 15) is 0 Å². The molecule has 3 rings (SSSR count). The van der Waals surface area contributed by atoms with Gasteiger partial charge in [0.25, 0.3) is 0 Å². The third-order valence-electron chi connectivity index (χ3n) is 2.33. The van der Waals surface area contributed by atoms with Crippen molar-refractivity contribution in [3.05, 3.63) is 47.1 Å². The van der Waals surface area contributed by atoms with E-state index in [1.165, 1.54) is 0 Å². The summed E-state index contributed by atoms with van der Waals surface area (Å²) in [4.78, 5) is 9.28. The van der Waals surface area contributed by atoms with Crippen molar-refractivity contribution < 1.29 is 0 Å². The van der Waals surface area contributed by atoms with E-state index in [0.717, 1.165) is 21.7 Å². The molecule has 2 aromatic heterocycles. The molecule has 0 saturated carbocycles. The summed E-state index contributed by atoms with van der Waals surface area (Å²) >= 11 is 7.44. The van der Waals surface area contributed by atoms with Gasteiger partial charge < -0.3 is 5.32 Å². The maximum atomic E-state index is 5.89. The van der Waals surface area contributed by atoms with E-state index in [1.807, 2.05) is 41.8 Å². The Kier molecular flexibility index (Phi) is 2.66. The molecule has 0 fully saturated rings. The first kappa shape index (κ1) is 10.5. The van der Waals surface area contributed by atoms with Crippen LogP contribution >= 0.6 is 22.9 Å². The molecule has 0 unspecified atom stereocenters. The van der Waals surface area contributed by atoms with Crippen LogP contribution in [0.1, 0.15) is 0 Å². The van der Waals surface area contributed by atoms with Crippen LogP contribution in [0, 0.1) is 0 Å². The van der Waals surface area contributed by atoms with E-state index >= 15 is 0 Å². The number of anilines is 2. The van der Waals surface area contributed by atoms with Gasteiger partial charge in [-0.3, -0.25) is 0 Å². The summed E-state index contributed by atoms with van der Waals surface area (Å²) in [6, 6.07) is 11.9. The molecule has 2 heterocycles. The Hall–Kier alpha value is -1.65. The molecule has 17 heavy (non-hydrogen) atoms. The van der Waals surface area contributed by atoms with Gasteiger partial charge in [0.1, 0.15) is 10.6 Å². The smallest absolute Gasteiger partial charge is 0.225 e. The van der Waals surface area contributed by atoms with E-state index in [0.29, 0.717) is 0 Å². The molecular weight excluding hydrogens is 254 g/mol. The number of rotatable bonds is 2. The zero-order valence-electron chi connectivity index (χ0n) is 8.72. The van der Waals surface area contributed by atoms with Gasteiger partial charge in [0.2, 0.25) is 5.28 Å². The fourth-order valence-corrected chi connectivity index (χ4v) is 2.57. The van der Waals surface area contributed by atoms with Gasteiger partial charge in [0, 0.05) is 5.69 Å².